The van der Waals surface area contributed by atoms with E-state index in [0.29, 0.717) is 6.04 Å². The normalized spacial score (nSPS) is 12.2. The van der Waals surface area contributed by atoms with Crippen LogP contribution in [-0.4, -0.2) is 33.9 Å². The maximum absolute atomic E-state index is 5.13. The largest absolute Gasteiger partial charge is 0.383 e. The molecule has 1 aromatic carbocycles. The molecule has 1 atom stereocenters. The summed E-state index contributed by atoms with van der Waals surface area (Å²) < 4.78 is 5.13. The fourth-order valence-corrected chi connectivity index (χ4v) is 1.82. The van der Waals surface area contributed by atoms with Gasteiger partial charge in [-0.2, -0.15) is 0 Å². The minimum atomic E-state index is 0.380. The van der Waals surface area contributed by atoms with E-state index in [2.05, 4.69) is 48.0 Å². The van der Waals surface area contributed by atoms with Gasteiger partial charge in [0.05, 0.1) is 6.61 Å². The predicted octanol–water partition coefficient (Wildman–Crippen LogP) is 2.61. The van der Waals surface area contributed by atoms with Gasteiger partial charge in [0.15, 0.2) is 0 Å². The summed E-state index contributed by atoms with van der Waals surface area (Å²) in [4.78, 5) is 2.25. The van der Waals surface area contributed by atoms with Gasteiger partial charge >= 0.3 is 0 Å². The summed E-state index contributed by atoms with van der Waals surface area (Å²) in [5, 5.41) is 3.24. The molecule has 0 amide bonds. The first kappa shape index (κ1) is 14.7. The van der Waals surface area contributed by atoms with Gasteiger partial charge in [0.25, 0.3) is 0 Å². The van der Waals surface area contributed by atoms with Crippen molar-refractivity contribution in [3.63, 3.8) is 0 Å². The lowest BCUT2D eigenvalue weighted by Crippen LogP contribution is -2.27. The molecule has 0 bridgehead atoms. The highest BCUT2D eigenvalue weighted by Gasteiger charge is 2.06. The number of hydrogen-bond acceptors (Lipinski definition) is 3. The van der Waals surface area contributed by atoms with E-state index in [1.807, 2.05) is 13.1 Å². The van der Waals surface area contributed by atoms with Crippen molar-refractivity contribution >= 4 is 5.69 Å². The molecule has 1 rings (SSSR count). The molecule has 0 aliphatic carbocycles. The second-order valence-corrected chi connectivity index (χ2v) is 4.33. The van der Waals surface area contributed by atoms with Crippen LogP contribution in [0.3, 0.4) is 0 Å². The zero-order valence-electron chi connectivity index (χ0n) is 11.6. The molecular weight excluding hydrogens is 224 g/mol. The molecule has 0 saturated carbocycles. The van der Waals surface area contributed by atoms with Crippen LogP contribution in [0, 0.1) is 0 Å². The van der Waals surface area contributed by atoms with Crippen molar-refractivity contribution in [1.82, 2.24) is 5.32 Å². The lowest BCUT2D eigenvalue weighted by Gasteiger charge is -2.23. The highest BCUT2D eigenvalue weighted by atomic mass is 16.5. The number of hydrogen-bond donors (Lipinski definition) is 1. The van der Waals surface area contributed by atoms with Crippen molar-refractivity contribution in [2.24, 2.45) is 0 Å². The highest BCUT2D eigenvalue weighted by molar-refractivity contribution is 5.48. The number of benzene rings is 1. The number of ether oxygens (including phenoxy) is 1. The number of nitrogens with zero attached hydrogens (tertiary/aromatic N) is 1. The van der Waals surface area contributed by atoms with Gasteiger partial charge in [0, 0.05) is 31.9 Å². The summed E-state index contributed by atoms with van der Waals surface area (Å²) in [6.45, 7) is 8.40. The van der Waals surface area contributed by atoms with E-state index < -0.39 is 0 Å². The topological polar surface area (TPSA) is 24.5 Å². The molecule has 0 fully saturated rings. The SMILES string of the molecule is C=CCN(CCOC)c1ccc(C(C)NC)cc1. The maximum atomic E-state index is 5.13. The summed E-state index contributed by atoms with van der Waals surface area (Å²) in [5.41, 5.74) is 2.51. The Morgan fingerprint density at radius 1 is 1.39 bits per heavy atom. The van der Waals surface area contributed by atoms with E-state index >= 15 is 0 Å². The Hall–Kier alpha value is -1.32. The fourth-order valence-electron chi connectivity index (χ4n) is 1.82. The van der Waals surface area contributed by atoms with Crippen molar-refractivity contribution in [3.8, 4) is 0 Å². The fraction of sp³-hybridized carbons (Fsp3) is 0.467. The van der Waals surface area contributed by atoms with Gasteiger partial charge in [-0.05, 0) is 31.7 Å². The Morgan fingerprint density at radius 3 is 2.56 bits per heavy atom. The molecular formula is C15H24N2O. The van der Waals surface area contributed by atoms with E-state index in [1.54, 1.807) is 7.11 Å². The van der Waals surface area contributed by atoms with Crippen LogP contribution in [0.25, 0.3) is 0 Å². The first-order valence-electron chi connectivity index (χ1n) is 6.35. The molecule has 1 N–H and O–H groups in total. The summed E-state index contributed by atoms with van der Waals surface area (Å²) >= 11 is 0. The molecule has 0 heterocycles. The Bertz CT molecular complexity index is 348. The van der Waals surface area contributed by atoms with Crippen molar-refractivity contribution < 1.29 is 4.74 Å². The first-order chi connectivity index (χ1) is 8.72. The van der Waals surface area contributed by atoms with Gasteiger partial charge in [0.2, 0.25) is 0 Å². The first-order valence-corrected chi connectivity index (χ1v) is 6.35. The van der Waals surface area contributed by atoms with Crippen LogP contribution in [0.5, 0.6) is 0 Å². The molecule has 0 saturated heterocycles. The zero-order chi connectivity index (χ0) is 13.4. The van der Waals surface area contributed by atoms with Crippen molar-refractivity contribution in [2.75, 3.05) is 38.8 Å². The predicted molar refractivity (Wildman–Crippen MR) is 78.2 cm³/mol. The van der Waals surface area contributed by atoms with Crippen LogP contribution in [0.15, 0.2) is 36.9 Å². The van der Waals surface area contributed by atoms with Gasteiger partial charge in [-0.3, -0.25) is 0 Å². The number of anilines is 1. The van der Waals surface area contributed by atoms with Gasteiger partial charge < -0.3 is 15.0 Å². The second kappa shape index (κ2) is 7.90. The Morgan fingerprint density at radius 2 is 2.06 bits per heavy atom. The van der Waals surface area contributed by atoms with E-state index in [0.717, 1.165) is 19.7 Å². The van der Waals surface area contributed by atoms with Crippen LogP contribution in [0.4, 0.5) is 5.69 Å². The monoisotopic (exact) mass is 248 g/mol. The average molecular weight is 248 g/mol. The maximum Gasteiger partial charge on any atom is 0.0637 e. The Labute approximate surface area is 110 Å². The quantitative estimate of drug-likeness (QED) is 0.716. The molecule has 0 radical (unpaired) electrons. The third-order valence-corrected chi connectivity index (χ3v) is 3.11. The molecule has 3 heteroatoms. The van der Waals surface area contributed by atoms with E-state index in [-0.39, 0.29) is 0 Å². The lowest BCUT2D eigenvalue weighted by atomic mass is 10.1. The molecule has 100 valence electrons. The minimum absolute atomic E-state index is 0.380. The van der Waals surface area contributed by atoms with Crippen molar-refractivity contribution in [1.29, 1.82) is 0 Å². The van der Waals surface area contributed by atoms with Crippen LogP contribution in [-0.2, 0) is 4.74 Å². The highest BCUT2D eigenvalue weighted by Crippen LogP contribution is 2.18. The van der Waals surface area contributed by atoms with Crippen LogP contribution >= 0.6 is 0 Å². The van der Waals surface area contributed by atoms with Crippen LogP contribution in [0.1, 0.15) is 18.5 Å². The lowest BCUT2D eigenvalue weighted by molar-refractivity contribution is 0.206. The van der Waals surface area contributed by atoms with E-state index in [4.69, 9.17) is 4.74 Å². The third kappa shape index (κ3) is 4.17. The summed E-state index contributed by atoms with van der Waals surface area (Å²) in [5.74, 6) is 0. The van der Waals surface area contributed by atoms with Gasteiger partial charge in [-0.25, -0.2) is 0 Å². The summed E-state index contributed by atoms with van der Waals surface area (Å²) in [6, 6.07) is 9.02. The van der Waals surface area contributed by atoms with Crippen molar-refractivity contribution in [2.45, 2.75) is 13.0 Å². The van der Waals surface area contributed by atoms with E-state index in [9.17, 15) is 0 Å². The Kier molecular flexibility index (Phi) is 6.47. The molecule has 0 spiro atoms. The number of methoxy groups -OCH3 is 1. The second-order valence-electron chi connectivity index (χ2n) is 4.33. The molecule has 3 nitrogen and oxygen atoms in total. The molecule has 1 aromatic rings. The molecule has 18 heavy (non-hydrogen) atoms. The smallest absolute Gasteiger partial charge is 0.0637 e. The third-order valence-electron chi connectivity index (χ3n) is 3.11. The Balaban J connectivity index is 2.76. The average Bonchev–Trinajstić information content (AvgIpc) is 2.43. The zero-order valence-corrected chi connectivity index (χ0v) is 11.6. The standard InChI is InChI=1S/C15H24N2O/c1-5-10-17(11-12-18-4)15-8-6-14(7-9-15)13(2)16-3/h5-9,13,16H,1,10-12H2,2-4H3. The number of nitrogens with one attached hydrogen (secondary N) is 1. The molecule has 0 aromatic heterocycles. The van der Waals surface area contributed by atoms with Crippen LogP contribution < -0.4 is 10.2 Å². The minimum Gasteiger partial charge on any atom is -0.383 e. The molecule has 0 aliphatic heterocycles. The van der Waals surface area contributed by atoms with Crippen molar-refractivity contribution in [3.05, 3.63) is 42.5 Å². The number of rotatable bonds is 8. The van der Waals surface area contributed by atoms with Gasteiger partial charge in [-0.1, -0.05) is 18.2 Å². The van der Waals surface area contributed by atoms with Gasteiger partial charge in [0.1, 0.15) is 0 Å². The van der Waals surface area contributed by atoms with Gasteiger partial charge in [-0.15, -0.1) is 6.58 Å². The van der Waals surface area contributed by atoms with E-state index in [1.165, 1.54) is 11.3 Å². The molecule has 0 aliphatic rings. The summed E-state index contributed by atoms with van der Waals surface area (Å²) in [6.07, 6.45) is 1.92. The summed E-state index contributed by atoms with van der Waals surface area (Å²) in [7, 11) is 3.70. The molecule has 1 unspecified atom stereocenters. The van der Waals surface area contributed by atoms with Crippen LogP contribution in [0.2, 0.25) is 0 Å².